The fraction of sp³-hybridized carbons (Fsp3) is 0.312. The topological polar surface area (TPSA) is 66.3 Å². The fourth-order valence-electron chi connectivity index (χ4n) is 2.29. The minimum atomic E-state index is -1.01. The molecule has 0 radical (unpaired) electrons. The first kappa shape index (κ1) is 19.2. The van der Waals surface area contributed by atoms with E-state index >= 15 is 0 Å². The van der Waals surface area contributed by atoms with Crippen molar-refractivity contribution in [2.75, 3.05) is 18.0 Å². The number of anilines is 1. The van der Waals surface area contributed by atoms with E-state index in [1.165, 1.54) is 0 Å². The van der Waals surface area contributed by atoms with Crippen molar-refractivity contribution in [1.29, 1.82) is 0 Å². The van der Waals surface area contributed by atoms with E-state index in [-0.39, 0.29) is 18.0 Å². The summed E-state index contributed by atoms with van der Waals surface area (Å²) >= 11 is 5.90. The molecule has 124 valence electrons. The number of rotatable bonds is 5. The van der Waals surface area contributed by atoms with Gasteiger partial charge in [0.05, 0.1) is 5.69 Å². The van der Waals surface area contributed by atoms with Crippen molar-refractivity contribution in [1.82, 2.24) is 9.97 Å². The molecule has 0 saturated carbocycles. The van der Waals surface area contributed by atoms with Crippen LogP contribution in [0.4, 0.5) is 5.82 Å². The Morgan fingerprint density at radius 2 is 1.74 bits per heavy atom. The van der Waals surface area contributed by atoms with Crippen LogP contribution in [0, 0.1) is 6.92 Å². The molecule has 0 bridgehead atoms. The predicted octanol–water partition coefficient (Wildman–Crippen LogP) is 4.07. The summed E-state index contributed by atoms with van der Waals surface area (Å²) in [6.07, 6.45) is 0. The first-order valence-electron chi connectivity index (χ1n) is 7.10. The molecule has 1 N–H and O–H groups in total. The van der Waals surface area contributed by atoms with Crippen molar-refractivity contribution < 1.29 is 9.90 Å². The van der Waals surface area contributed by atoms with E-state index in [0.29, 0.717) is 35.4 Å². The molecule has 0 fully saturated rings. The van der Waals surface area contributed by atoms with Crippen LogP contribution in [0.25, 0.3) is 11.4 Å². The van der Waals surface area contributed by atoms with Crippen LogP contribution in [0.3, 0.4) is 0 Å². The molecule has 0 aliphatic carbocycles. The minimum Gasteiger partial charge on any atom is -0.477 e. The maximum absolute atomic E-state index is 11.5. The summed E-state index contributed by atoms with van der Waals surface area (Å²) in [4.78, 5) is 22.3. The van der Waals surface area contributed by atoms with E-state index in [1.807, 2.05) is 30.9 Å². The summed E-state index contributed by atoms with van der Waals surface area (Å²) in [5, 5.41) is 10.1. The second-order valence-corrected chi connectivity index (χ2v) is 5.25. The zero-order valence-corrected chi connectivity index (χ0v) is 14.8. The summed E-state index contributed by atoms with van der Waals surface area (Å²) in [5.41, 5.74) is 1.41. The number of hydrogen-bond acceptors (Lipinski definition) is 4. The van der Waals surface area contributed by atoms with Gasteiger partial charge in [-0.25, -0.2) is 14.8 Å². The molecular formula is C16H19Cl2N3O2. The Labute approximate surface area is 146 Å². The highest BCUT2D eigenvalue weighted by Gasteiger charge is 2.21. The van der Waals surface area contributed by atoms with Crippen molar-refractivity contribution in [3.8, 4) is 11.4 Å². The first-order valence-corrected chi connectivity index (χ1v) is 7.48. The van der Waals surface area contributed by atoms with E-state index in [4.69, 9.17) is 11.6 Å². The highest BCUT2D eigenvalue weighted by molar-refractivity contribution is 6.30. The predicted molar refractivity (Wildman–Crippen MR) is 95.0 cm³/mol. The number of carboxylic acid groups (broad SMARTS) is 1. The largest absolute Gasteiger partial charge is 0.477 e. The van der Waals surface area contributed by atoms with E-state index in [2.05, 4.69) is 9.97 Å². The van der Waals surface area contributed by atoms with Gasteiger partial charge in [0.1, 0.15) is 11.4 Å². The van der Waals surface area contributed by atoms with Crippen LogP contribution in [-0.4, -0.2) is 34.1 Å². The zero-order chi connectivity index (χ0) is 16.3. The smallest absolute Gasteiger partial charge is 0.341 e. The van der Waals surface area contributed by atoms with E-state index in [9.17, 15) is 9.90 Å². The molecular weight excluding hydrogens is 337 g/mol. The standard InChI is InChI=1S/C16H18ClN3O2.ClH/c1-4-20(5-2)15-13(16(21)22)10(3)18-14(19-15)11-6-8-12(17)9-7-11;/h6-9H,4-5H2,1-3H3,(H,21,22);1H. The lowest BCUT2D eigenvalue weighted by molar-refractivity contribution is 0.0696. The van der Waals surface area contributed by atoms with Crippen LogP contribution in [0.2, 0.25) is 5.02 Å². The average molecular weight is 356 g/mol. The number of benzene rings is 1. The lowest BCUT2D eigenvalue weighted by Gasteiger charge is -2.23. The summed E-state index contributed by atoms with van der Waals surface area (Å²) in [7, 11) is 0. The number of hydrogen-bond donors (Lipinski definition) is 1. The van der Waals surface area contributed by atoms with Gasteiger partial charge in [0, 0.05) is 23.7 Å². The molecule has 0 spiro atoms. The quantitative estimate of drug-likeness (QED) is 0.875. The maximum atomic E-state index is 11.5. The van der Waals surface area contributed by atoms with Crippen LogP contribution >= 0.6 is 24.0 Å². The highest BCUT2D eigenvalue weighted by Crippen LogP contribution is 2.26. The number of carbonyl (C=O) groups is 1. The maximum Gasteiger partial charge on any atom is 0.341 e. The third-order valence-electron chi connectivity index (χ3n) is 3.45. The molecule has 7 heteroatoms. The van der Waals surface area contributed by atoms with Gasteiger partial charge in [0.25, 0.3) is 0 Å². The van der Waals surface area contributed by atoms with E-state index in [0.717, 1.165) is 5.56 Å². The van der Waals surface area contributed by atoms with Gasteiger partial charge in [0.2, 0.25) is 0 Å². The van der Waals surface area contributed by atoms with Crippen LogP contribution in [0.1, 0.15) is 29.9 Å². The lowest BCUT2D eigenvalue weighted by atomic mass is 10.1. The molecule has 0 amide bonds. The fourth-order valence-corrected chi connectivity index (χ4v) is 2.41. The molecule has 0 atom stereocenters. The van der Waals surface area contributed by atoms with Crippen LogP contribution in [-0.2, 0) is 0 Å². The average Bonchev–Trinajstić information content (AvgIpc) is 2.48. The summed E-state index contributed by atoms with van der Waals surface area (Å²) < 4.78 is 0. The van der Waals surface area contributed by atoms with Gasteiger partial charge in [-0.05, 0) is 45.0 Å². The van der Waals surface area contributed by atoms with Gasteiger partial charge >= 0.3 is 5.97 Å². The van der Waals surface area contributed by atoms with Crippen molar-refractivity contribution in [3.63, 3.8) is 0 Å². The summed E-state index contributed by atoms with van der Waals surface area (Å²) in [6.45, 7) is 6.97. The van der Waals surface area contributed by atoms with Crippen LogP contribution < -0.4 is 4.90 Å². The number of aryl methyl sites for hydroxylation is 1. The number of nitrogens with zero attached hydrogens (tertiary/aromatic N) is 3. The highest BCUT2D eigenvalue weighted by atomic mass is 35.5. The third-order valence-corrected chi connectivity index (χ3v) is 3.70. The number of carboxylic acids is 1. The number of halogens is 2. The molecule has 0 unspecified atom stereocenters. The molecule has 1 aromatic heterocycles. The van der Waals surface area contributed by atoms with Crippen molar-refractivity contribution in [2.24, 2.45) is 0 Å². The van der Waals surface area contributed by atoms with Gasteiger partial charge in [-0.15, -0.1) is 12.4 Å². The van der Waals surface area contributed by atoms with Crippen LogP contribution in [0.5, 0.6) is 0 Å². The van der Waals surface area contributed by atoms with E-state index < -0.39 is 5.97 Å². The second-order valence-electron chi connectivity index (χ2n) is 4.82. The van der Waals surface area contributed by atoms with Crippen molar-refractivity contribution in [3.05, 3.63) is 40.5 Å². The van der Waals surface area contributed by atoms with Gasteiger partial charge in [0.15, 0.2) is 5.82 Å². The van der Waals surface area contributed by atoms with E-state index in [1.54, 1.807) is 19.1 Å². The Morgan fingerprint density at radius 1 is 1.17 bits per heavy atom. The van der Waals surface area contributed by atoms with Gasteiger partial charge < -0.3 is 10.0 Å². The summed E-state index contributed by atoms with van der Waals surface area (Å²) in [5.74, 6) is -0.0573. The van der Waals surface area contributed by atoms with Gasteiger partial charge in [-0.3, -0.25) is 0 Å². The van der Waals surface area contributed by atoms with Crippen LogP contribution in [0.15, 0.2) is 24.3 Å². The molecule has 5 nitrogen and oxygen atoms in total. The molecule has 0 saturated heterocycles. The van der Waals surface area contributed by atoms with Crippen molar-refractivity contribution in [2.45, 2.75) is 20.8 Å². The lowest BCUT2D eigenvalue weighted by Crippen LogP contribution is -2.26. The molecule has 1 heterocycles. The SMILES string of the molecule is CCN(CC)c1nc(-c2ccc(Cl)cc2)nc(C)c1C(=O)O.Cl. The number of aromatic carboxylic acids is 1. The molecule has 0 aliphatic heterocycles. The molecule has 23 heavy (non-hydrogen) atoms. The molecule has 2 aromatic rings. The monoisotopic (exact) mass is 355 g/mol. The molecule has 1 aromatic carbocycles. The van der Waals surface area contributed by atoms with Crippen molar-refractivity contribution >= 4 is 35.8 Å². The Kier molecular flexibility index (Phi) is 6.79. The Morgan fingerprint density at radius 3 is 2.22 bits per heavy atom. The normalized spacial score (nSPS) is 10.1. The Balaban J connectivity index is 0.00000264. The number of aromatic nitrogens is 2. The Bertz CT molecular complexity index is 686. The zero-order valence-electron chi connectivity index (χ0n) is 13.2. The van der Waals surface area contributed by atoms with Gasteiger partial charge in [-0.2, -0.15) is 0 Å². The molecule has 0 aliphatic rings. The molecule has 2 rings (SSSR count). The minimum absolute atomic E-state index is 0. The van der Waals surface area contributed by atoms with Gasteiger partial charge in [-0.1, -0.05) is 11.6 Å². The third kappa shape index (κ3) is 4.12. The summed E-state index contributed by atoms with van der Waals surface area (Å²) in [6, 6.07) is 7.17. The first-order chi connectivity index (χ1) is 10.5. The Hall–Kier alpha value is -1.85. The second kappa shape index (κ2) is 8.13.